The molecule has 5 nitrogen and oxygen atoms in total. The molecule has 1 aliphatic heterocycles. The Hall–Kier alpha value is -1.70. The molecule has 0 amide bonds. The zero-order valence-electron chi connectivity index (χ0n) is 16.4. The lowest BCUT2D eigenvalue weighted by atomic mass is 9.94. The Labute approximate surface area is 175 Å². The van der Waals surface area contributed by atoms with Crippen LogP contribution in [0.4, 0.5) is 4.39 Å². The molecule has 3 rings (SSSR count). The molecule has 0 aromatic heterocycles. The summed E-state index contributed by atoms with van der Waals surface area (Å²) in [5, 5.41) is 30.0. The molecule has 1 saturated heterocycles. The van der Waals surface area contributed by atoms with Crippen molar-refractivity contribution in [3.63, 3.8) is 0 Å². The van der Waals surface area contributed by atoms with E-state index in [4.69, 9.17) is 16.3 Å². The number of nitrogens with zero attached hydrogens (tertiary/aromatic N) is 1. The number of aliphatic hydroxyl groups is 3. The van der Waals surface area contributed by atoms with Crippen LogP contribution in [0.5, 0.6) is 5.75 Å². The predicted molar refractivity (Wildman–Crippen MR) is 111 cm³/mol. The Bertz CT molecular complexity index is 836. The third kappa shape index (κ3) is 6.14. The first-order valence-electron chi connectivity index (χ1n) is 9.71. The van der Waals surface area contributed by atoms with Crippen molar-refractivity contribution in [1.29, 1.82) is 0 Å². The van der Waals surface area contributed by atoms with Gasteiger partial charge in [0.1, 0.15) is 24.3 Å². The molecule has 1 fully saturated rings. The van der Waals surface area contributed by atoms with E-state index in [-0.39, 0.29) is 13.2 Å². The van der Waals surface area contributed by atoms with Crippen molar-refractivity contribution in [2.45, 2.75) is 38.1 Å². The minimum absolute atomic E-state index is 0.0752. The molecule has 0 saturated carbocycles. The average molecular weight is 424 g/mol. The SMILES string of the molecule is CC1(O)CCN(CC(O)COc2cc(Cl)cc(-c3cc(CO)ccc3F)c2)CC1. The first-order chi connectivity index (χ1) is 13.8. The Morgan fingerprint density at radius 3 is 2.62 bits per heavy atom. The highest BCUT2D eigenvalue weighted by atomic mass is 35.5. The Morgan fingerprint density at radius 2 is 1.93 bits per heavy atom. The summed E-state index contributed by atoms with van der Waals surface area (Å²) >= 11 is 6.18. The number of ether oxygens (including phenoxy) is 1. The fraction of sp³-hybridized carbons (Fsp3) is 0.455. The van der Waals surface area contributed by atoms with Gasteiger partial charge in [-0.1, -0.05) is 17.7 Å². The molecule has 2 aromatic rings. The topological polar surface area (TPSA) is 73.2 Å². The number of hydrogen-bond donors (Lipinski definition) is 3. The zero-order chi connectivity index (χ0) is 21.0. The molecular weight excluding hydrogens is 397 g/mol. The minimum atomic E-state index is -0.699. The molecule has 0 bridgehead atoms. The highest BCUT2D eigenvalue weighted by Crippen LogP contribution is 2.31. The van der Waals surface area contributed by atoms with E-state index >= 15 is 0 Å². The van der Waals surface area contributed by atoms with E-state index in [1.54, 1.807) is 24.3 Å². The van der Waals surface area contributed by atoms with Crippen LogP contribution in [0, 0.1) is 5.82 Å². The largest absolute Gasteiger partial charge is 0.491 e. The van der Waals surface area contributed by atoms with Crippen molar-refractivity contribution in [1.82, 2.24) is 4.90 Å². The molecule has 1 unspecified atom stereocenters. The first-order valence-corrected chi connectivity index (χ1v) is 10.1. The van der Waals surface area contributed by atoms with Gasteiger partial charge < -0.3 is 25.0 Å². The van der Waals surface area contributed by atoms with Crippen molar-refractivity contribution in [3.8, 4) is 16.9 Å². The maximum absolute atomic E-state index is 14.3. The predicted octanol–water partition coefficient (Wildman–Crippen LogP) is 3.22. The minimum Gasteiger partial charge on any atom is -0.491 e. The summed E-state index contributed by atoms with van der Waals surface area (Å²) in [6.07, 6.45) is 0.655. The van der Waals surface area contributed by atoms with Gasteiger partial charge in [-0.25, -0.2) is 4.39 Å². The van der Waals surface area contributed by atoms with Gasteiger partial charge in [0.15, 0.2) is 0 Å². The van der Waals surface area contributed by atoms with Gasteiger partial charge in [0.25, 0.3) is 0 Å². The molecule has 0 aliphatic carbocycles. The van der Waals surface area contributed by atoms with Crippen LogP contribution >= 0.6 is 11.6 Å². The molecule has 1 heterocycles. The summed E-state index contributed by atoms with van der Waals surface area (Å²) in [7, 11) is 0. The normalized spacial score (nSPS) is 17.9. The zero-order valence-corrected chi connectivity index (χ0v) is 17.2. The lowest BCUT2D eigenvalue weighted by Gasteiger charge is -2.36. The Balaban J connectivity index is 1.63. The summed E-state index contributed by atoms with van der Waals surface area (Å²) in [6.45, 7) is 3.63. The molecule has 0 radical (unpaired) electrons. The summed E-state index contributed by atoms with van der Waals surface area (Å²) in [5.74, 6) is 0.0124. The third-order valence-electron chi connectivity index (χ3n) is 5.24. The van der Waals surface area contributed by atoms with Crippen LogP contribution in [0.15, 0.2) is 36.4 Å². The smallest absolute Gasteiger partial charge is 0.131 e. The van der Waals surface area contributed by atoms with Crippen LogP contribution in [0.1, 0.15) is 25.3 Å². The van der Waals surface area contributed by atoms with Crippen LogP contribution < -0.4 is 4.74 Å². The second-order valence-corrected chi connectivity index (χ2v) is 8.35. The van der Waals surface area contributed by atoms with E-state index in [1.807, 2.05) is 6.92 Å². The van der Waals surface area contributed by atoms with Crippen molar-refractivity contribution in [2.24, 2.45) is 0 Å². The average Bonchev–Trinajstić information content (AvgIpc) is 2.68. The molecule has 3 N–H and O–H groups in total. The van der Waals surface area contributed by atoms with E-state index in [1.165, 1.54) is 12.1 Å². The lowest BCUT2D eigenvalue weighted by Crippen LogP contribution is -2.45. The number of aliphatic hydroxyl groups excluding tert-OH is 2. The lowest BCUT2D eigenvalue weighted by molar-refractivity contribution is -0.0201. The van der Waals surface area contributed by atoms with Crippen LogP contribution in [0.2, 0.25) is 5.02 Å². The second kappa shape index (κ2) is 9.41. The number of hydrogen-bond acceptors (Lipinski definition) is 5. The summed E-state index contributed by atoms with van der Waals surface area (Å²) < 4.78 is 20.0. The van der Waals surface area contributed by atoms with Crippen LogP contribution in [0.25, 0.3) is 11.1 Å². The first kappa shape index (κ1) is 22.0. The van der Waals surface area contributed by atoms with Crippen molar-refractivity contribution >= 4 is 11.6 Å². The maximum atomic E-state index is 14.3. The molecule has 2 aromatic carbocycles. The number of rotatable bonds is 7. The van der Waals surface area contributed by atoms with Crippen molar-refractivity contribution in [3.05, 3.63) is 52.8 Å². The van der Waals surface area contributed by atoms with E-state index < -0.39 is 17.5 Å². The number of β-amino-alcohol motifs (C(OH)–C–C–N with tert-alkyl or cyclic N) is 1. The third-order valence-corrected chi connectivity index (χ3v) is 5.46. The van der Waals surface area contributed by atoms with Crippen molar-refractivity contribution < 1.29 is 24.4 Å². The number of halogens is 2. The number of likely N-dealkylation sites (tertiary alicyclic amines) is 1. The van der Waals surface area contributed by atoms with Gasteiger partial charge in [-0.2, -0.15) is 0 Å². The van der Waals surface area contributed by atoms with Gasteiger partial charge in [-0.15, -0.1) is 0 Å². The molecule has 29 heavy (non-hydrogen) atoms. The fourth-order valence-electron chi connectivity index (χ4n) is 3.45. The van der Waals surface area contributed by atoms with Gasteiger partial charge >= 0.3 is 0 Å². The van der Waals surface area contributed by atoms with E-state index in [2.05, 4.69) is 4.90 Å². The molecule has 158 valence electrons. The van der Waals surface area contributed by atoms with E-state index in [0.29, 0.717) is 46.8 Å². The number of piperidine rings is 1. The standard InChI is InChI=1S/C22H27ClFNO4/c1-22(28)4-6-25(7-5-22)12-18(27)14-29-19-10-16(9-17(23)11-19)20-8-15(13-26)2-3-21(20)24/h2-3,8-11,18,26-28H,4-7,12-14H2,1H3. The Kier molecular flexibility index (Phi) is 7.14. The van der Waals surface area contributed by atoms with E-state index in [9.17, 15) is 19.7 Å². The van der Waals surface area contributed by atoms with Crippen LogP contribution in [-0.4, -0.2) is 58.2 Å². The van der Waals surface area contributed by atoms with Gasteiger partial charge in [0, 0.05) is 30.2 Å². The van der Waals surface area contributed by atoms with Crippen LogP contribution in [-0.2, 0) is 6.61 Å². The summed E-state index contributed by atoms with van der Waals surface area (Å²) in [6, 6.07) is 9.31. The highest BCUT2D eigenvalue weighted by molar-refractivity contribution is 6.31. The number of benzene rings is 2. The summed E-state index contributed by atoms with van der Waals surface area (Å²) in [5.41, 5.74) is 0.829. The fourth-order valence-corrected chi connectivity index (χ4v) is 3.68. The van der Waals surface area contributed by atoms with Crippen molar-refractivity contribution in [2.75, 3.05) is 26.2 Å². The van der Waals surface area contributed by atoms with Gasteiger partial charge in [-0.05, 0) is 61.2 Å². The van der Waals surface area contributed by atoms with Gasteiger partial charge in [0.05, 0.1) is 12.2 Å². The highest BCUT2D eigenvalue weighted by Gasteiger charge is 2.28. The quantitative estimate of drug-likeness (QED) is 0.637. The summed E-state index contributed by atoms with van der Waals surface area (Å²) in [4.78, 5) is 2.10. The molecule has 7 heteroatoms. The second-order valence-electron chi connectivity index (χ2n) is 7.91. The molecule has 1 atom stereocenters. The van der Waals surface area contributed by atoms with Crippen LogP contribution in [0.3, 0.4) is 0 Å². The molecule has 0 spiro atoms. The van der Waals surface area contributed by atoms with E-state index in [0.717, 1.165) is 13.1 Å². The Morgan fingerprint density at radius 1 is 1.21 bits per heavy atom. The maximum Gasteiger partial charge on any atom is 0.131 e. The van der Waals surface area contributed by atoms with Gasteiger partial charge in [0.2, 0.25) is 0 Å². The monoisotopic (exact) mass is 423 g/mol. The van der Waals surface area contributed by atoms with Gasteiger partial charge in [-0.3, -0.25) is 0 Å². The molecule has 1 aliphatic rings. The molecular formula is C22H27ClFNO4.